The van der Waals surface area contributed by atoms with Gasteiger partial charge in [-0.05, 0) is 17.7 Å². The van der Waals surface area contributed by atoms with Crippen molar-refractivity contribution in [2.45, 2.75) is 5.75 Å². The summed E-state index contributed by atoms with van der Waals surface area (Å²) in [6, 6.07) is 17.6. The van der Waals surface area contributed by atoms with Crippen LogP contribution in [0.2, 0.25) is 0 Å². The summed E-state index contributed by atoms with van der Waals surface area (Å²) in [4.78, 5) is 12.1. The van der Waals surface area contributed by atoms with E-state index in [1.807, 2.05) is 42.5 Å². The highest BCUT2D eigenvalue weighted by molar-refractivity contribution is 7.99. The van der Waals surface area contributed by atoms with Crippen LogP contribution in [0.3, 0.4) is 0 Å². The number of carbonyl (C=O) groups excluding carboxylic acids is 1. The summed E-state index contributed by atoms with van der Waals surface area (Å²) in [5, 5.41) is 7.91. The molecule has 0 aliphatic heterocycles. The number of thioether (sulfide) groups is 1. The molecule has 0 aliphatic carbocycles. The first-order valence-electron chi connectivity index (χ1n) is 6.30. The molecule has 5 heteroatoms. The number of hydrogen-bond acceptors (Lipinski definition) is 4. The Kier molecular flexibility index (Phi) is 3.78. The molecule has 0 aliphatic rings. The number of hydrogen-bond donors (Lipinski definition) is 0. The van der Waals surface area contributed by atoms with Crippen molar-refractivity contribution in [3.63, 3.8) is 0 Å². The summed E-state index contributed by atoms with van der Waals surface area (Å²) in [5.41, 5.74) is 2.72. The average molecular weight is 283 g/mol. The molecule has 0 bridgehead atoms. The molecule has 3 aromatic rings. The Balaban J connectivity index is 1.65. The van der Waals surface area contributed by atoms with E-state index >= 15 is 0 Å². The van der Waals surface area contributed by atoms with Crippen LogP contribution in [0, 0.1) is 0 Å². The van der Waals surface area contributed by atoms with E-state index in [0.717, 1.165) is 16.8 Å². The number of aromatic nitrogens is 3. The van der Waals surface area contributed by atoms with Gasteiger partial charge in [0.2, 0.25) is 0 Å². The van der Waals surface area contributed by atoms with Gasteiger partial charge in [0.05, 0.1) is 11.3 Å². The molecule has 0 fully saturated rings. The number of rotatable bonds is 4. The molecule has 0 saturated heterocycles. The van der Waals surface area contributed by atoms with E-state index in [1.54, 1.807) is 11.8 Å². The van der Waals surface area contributed by atoms with Crippen LogP contribution in [-0.4, -0.2) is 26.7 Å². The van der Waals surface area contributed by atoms with E-state index in [-0.39, 0.29) is 5.91 Å². The molecule has 0 saturated carbocycles. The molecule has 0 unspecified atom stereocenters. The minimum atomic E-state index is -0.0420. The molecule has 20 heavy (non-hydrogen) atoms. The summed E-state index contributed by atoms with van der Waals surface area (Å²) in [6.45, 7) is 0. The monoisotopic (exact) mass is 283 g/mol. The third kappa shape index (κ3) is 2.72. The van der Waals surface area contributed by atoms with Gasteiger partial charge in [0, 0.05) is 5.75 Å². The average Bonchev–Trinajstić information content (AvgIpc) is 2.92. The van der Waals surface area contributed by atoms with Gasteiger partial charge >= 0.3 is 0 Å². The third-order valence-corrected chi connectivity index (χ3v) is 3.91. The molecule has 1 heterocycles. The third-order valence-electron chi connectivity index (χ3n) is 2.93. The number of benzene rings is 2. The van der Waals surface area contributed by atoms with E-state index in [0.29, 0.717) is 5.75 Å². The first-order chi connectivity index (χ1) is 9.84. The quantitative estimate of drug-likeness (QED) is 0.738. The number of nitrogens with zero attached hydrogens (tertiary/aromatic N) is 3. The van der Waals surface area contributed by atoms with Gasteiger partial charge in [0.15, 0.2) is 0 Å². The molecule has 0 N–H and O–H groups in total. The van der Waals surface area contributed by atoms with Gasteiger partial charge in [-0.1, -0.05) is 47.7 Å². The van der Waals surface area contributed by atoms with E-state index in [2.05, 4.69) is 22.4 Å². The lowest BCUT2D eigenvalue weighted by molar-refractivity contribution is 0.0930. The van der Waals surface area contributed by atoms with Crippen LogP contribution in [-0.2, 0) is 5.75 Å². The van der Waals surface area contributed by atoms with Crippen LogP contribution in [0.1, 0.15) is 10.4 Å². The summed E-state index contributed by atoms with van der Waals surface area (Å²) in [6.07, 6.45) is 0. The van der Waals surface area contributed by atoms with E-state index in [9.17, 15) is 4.79 Å². The standard InChI is InChI=1S/C15H13N3OS/c19-15(11-20-10-12-6-2-1-3-7-12)18-14-9-5-4-8-13(14)16-17-18/h1-9H,10-11H2. The minimum absolute atomic E-state index is 0.0420. The Labute approximate surface area is 120 Å². The zero-order valence-electron chi connectivity index (χ0n) is 10.8. The van der Waals surface area contributed by atoms with Crippen molar-refractivity contribution in [2.75, 3.05) is 5.75 Å². The zero-order valence-corrected chi connectivity index (χ0v) is 11.6. The van der Waals surface area contributed by atoms with Crippen molar-refractivity contribution in [3.05, 3.63) is 60.2 Å². The van der Waals surface area contributed by atoms with E-state index < -0.39 is 0 Å². The highest BCUT2D eigenvalue weighted by Crippen LogP contribution is 2.14. The second-order valence-corrected chi connectivity index (χ2v) is 5.35. The molecular weight excluding hydrogens is 270 g/mol. The van der Waals surface area contributed by atoms with Gasteiger partial charge in [0.1, 0.15) is 5.52 Å². The Morgan fingerprint density at radius 1 is 1.05 bits per heavy atom. The summed E-state index contributed by atoms with van der Waals surface area (Å²) in [5.74, 6) is 1.17. The molecular formula is C15H13N3OS. The van der Waals surface area contributed by atoms with Gasteiger partial charge < -0.3 is 0 Å². The number of carbonyl (C=O) groups is 1. The predicted octanol–water partition coefficient (Wildman–Crippen LogP) is 3.00. The van der Waals surface area contributed by atoms with Gasteiger partial charge in [-0.3, -0.25) is 4.79 Å². The van der Waals surface area contributed by atoms with E-state index in [1.165, 1.54) is 10.2 Å². The highest BCUT2D eigenvalue weighted by Gasteiger charge is 2.11. The Hall–Kier alpha value is -2.14. The minimum Gasteiger partial charge on any atom is -0.272 e. The Morgan fingerprint density at radius 2 is 1.80 bits per heavy atom. The normalized spacial score (nSPS) is 10.8. The van der Waals surface area contributed by atoms with Crippen LogP contribution >= 0.6 is 11.8 Å². The molecule has 0 amide bonds. The molecule has 1 aromatic heterocycles. The van der Waals surface area contributed by atoms with Crippen LogP contribution in [0.25, 0.3) is 11.0 Å². The van der Waals surface area contributed by atoms with Gasteiger partial charge in [-0.2, -0.15) is 4.68 Å². The smallest absolute Gasteiger partial charge is 0.258 e. The van der Waals surface area contributed by atoms with Crippen LogP contribution in [0.4, 0.5) is 0 Å². The Bertz CT molecular complexity index is 724. The van der Waals surface area contributed by atoms with Crippen molar-refractivity contribution < 1.29 is 4.79 Å². The number of fused-ring (bicyclic) bond motifs is 1. The topological polar surface area (TPSA) is 47.8 Å². The fourth-order valence-electron chi connectivity index (χ4n) is 1.94. The van der Waals surface area contributed by atoms with Crippen molar-refractivity contribution in [2.24, 2.45) is 0 Å². The second kappa shape index (κ2) is 5.88. The molecule has 0 atom stereocenters. The van der Waals surface area contributed by atoms with Crippen LogP contribution < -0.4 is 0 Å². The largest absolute Gasteiger partial charge is 0.272 e. The van der Waals surface area contributed by atoms with Crippen molar-refractivity contribution in [1.82, 2.24) is 15.0 Å². The fraction of sp³-hybridized carbons (Fsp3) is 0.133. The van der Waals surface area contributed by atoms with E-state index in [4.69, 9.17) is 0 Å². The first-order valence-corrected chi connectivity index (χ1v) is 7.45. The van der Waals surface area contributed by atoms with Crippen molar-refractivity contribution in [1.29, 1.82) is 0 Å². The van der Waals surface area contributed by atoms with Gasteiger partial charge in [0.25, 0.3) is 5.91 Å². The predicted molar refractivity (Wildman–Crippen MR) is 80.8 cm³/mol. The maximum Gasteiger partial charge on any atom is 0.258 e. The maximum atomic E-state index is 12.1. The SMILES string of the molecule is O=C(CSCc1ccccc1)n1nnc2ccccc21. The lowest BCUT2D eigenvalue weighted by Crippen LogP contribution is -2.14. The summed E-state index contributed by atoms with van der Waals surface area (Å²) >= 11 is 1.58. The Morgan fingerprint density at radius 3 is 2.65 bits per heavy atom. The lowest BCUT2D eigenvalue weighted by atomic mass is 10.2. The number of para-hydroxylation sites is 1. The molecule has 4 nitrogen and oxygen atoms in total. The van der Waals surface area contributed by atoms with Crippen molar-refractivity contribution in [3.8, 4) is 0 Å². The van der Waals surface area contributed by atoms with Gasteiger partial charge in [-0.15, -0.1) is 16.9 Å². The molecule has 0 spiro atoms. The lowest BCUT2D eigenvalue weighted by Gasteiger charge is -2.02. The molecule has 0 radical (unpaired) electrons. The highest BCUT2D eigenvalue weighted by atomic mass is 32.2. The summed E-state index contributed by atoms with van der Waals surface area (Å²) in [7, 11) is 0. The molecule has 3 rings (SSSR count). The first kappa shape index (κ1) is 12.9. The van der Waals surface area contributed by atoms with Crippen molar-refractivity contribution >= 4 is 28.7 Å². The van der Waals surface area contributed by atoms with Gasteiger partial charge in [-0.25, -0.2) is 0 Å². The molecule has 2 aromatic carbocycles. The van der Waals surface area contributed by atoms with Crippen LogP contribution in [0.15, 0.2) is 54.6 Å². The maximum absolute atomic E-state index is 12.1. The van der Waals surface area contributed by atoms with Crippen LogP contribution in [0.5, 0.6) is 0 Å². The fourth-order valence-corrected chi connectivity index (χ4v) is 2.77. The second-order valence-electron chi connectivity index (χ2n) is 4.36. The summed E-state index contributed by atoms with van der Waals surface area (Å²) < 4.78 is 1.38. The molecule has 100 valence electrons. The zero-order chi connectivity index (χ0) is 13.8.